The Hall–Kier alpha value is -4.30. The van der Waals surface area contributed by atoms with E-state index in [9.17, 15) is 8.42 Å². The van der Waals surface area contributed by atoms with E-state index in [0.717, 1.165) is 0 Å². The largest absolute Gasteiger partial charge is 0.494 e. The van der Waals surface area contributed by atoms with Gasteiger partial charge in [0, 0.05) is 31.1 Å². The normalized spacial score (nSPS) is 13.0. The monoisotopic (exact) mass is 555 g/mol. The van der Waals surface area contributed by atoms with Gasteiger partial charge in [-0.15, -0.1) is 10.2 Å². The molecule has 1 aromatic carbocycles. The molecule has 206 valence electrons. The van der Waals surface area contributed by atoms with Gasteiger partial charge in [-0.25, -0.2) is 23.4 Å². The zero-order valence-electron chi connectivity index (χ0n) is 22.3. The number of pyridine rings is 1. The van der Waals surface area contributed by atoms with Crippen molar-refractivity contribution < 1.29 is 27.4 Å². The number of aryl methyl sites for hydroxylation is 1. The molecule has 0 saturated heterocycles. The number of anilines is 1. The van der Waals surface area contributed by atoms with E-state index in [2.05, 4.69) is 29.9 Å². The molecule has 0 radical (unpaired) electrons. The van der Waals surface area contributed by atoms with Gasteiger partial charge in [-0.2, -0.15) is 0 Å². The second kappa shape index (κ2) is 11.6. The van der Waals surface area contributed by atoms with E-state index in [0.29, 0.717) is 40.1 Å². The van der Waals surface area contributed by atoms with Crippen LogP contribution in [0.5, 0.6) is 17.4 Å². The first-order valence-electron chi connectivity index (χ1n) is 11.7. The van der Waals surface area contributed by atoms with Crippen molar-refractivity contribution in [1.29, 1.82) is 0 Å². The minimum Gasteiger partial charge on any atom is -0.494 e. The highest BCUT2D eigenvalue weighted by molar-refractivity contribution is 7.93. The van der Waals surface area contributed by atoms with E-state index in [1.54, 1.807) is 43.3 Å². The van der Waals surface area contributed by atoms with Crippen molar-refractivity contribution >= 4 is 16.0 Å². The predicted octanol–water partition coefficient (Wildman–Crippen LogP) is 2.97. The molecule has 0 unspecified atom stereocenters. The number of rotatable bonds is 11. The van der Waals surface area contributed by atoms with Gasteiger partial charge >= 0.3 is 0 Å². The summed E-state index contributed by atoms with van der Waals surface area (Å²) in [4.78, 5) is 12.8. The van der Waals surface area contributed by atoms with E-state index in [4.69, 9.17) is 18.9 Å². The maximum absolute atomic E-state index is 13.7. The summed E-state index contributed by atoms with van der Waals surface area (Å²) in [5.41, 5.74) is 1.25. The fourth-order valence-electron chi connectivity index (χ4n) is 3.96. The van der Waals surface area contributed by atoms with E-state index in [1.165, 1.54) is 52.3 Å². The quantitative estimate of drug-likeness (QED) is 0.291. The van der Waals surface area contributed by atoms with E-state index < -0.39 is 21.4 Å². The molecule has 0 amide bonds. The fourth-order valence-corrected chi connectivity index (χ4v) is 5.13. The molecule has 1 N–H and O–H groups in total. The van der Waals surface area contributed by atoms with Crippen LogP contribution in [0.25, 0.3) is 17.2 Å². The molecule has 13 nitrogen and oxygen atoms in total. The summed E-state index contributed by atoms with van der Waals surface area (Å²) in [6.07, 6.45) is 2.22. The van der Waals surface area contributed by atoms with E-state index in [-0.39, 0.29) is 11.8 Å². The van der Waals surface area contributed by atoms with Crippen molar-refractivity contribution in [1.82, 2.24) is 29.7 Å². The Morgan fingerprint density at radius 2 is 1.54 bits per heavy atom. The lowest BCUT2D eigenvalue weighted by molar-refractivity contribution is 0.102. The SMILES string of the molecule is COc1cccc(-c2nnc(NS(=O)(=O)[C@@H](C)[C@H](OC)c3cnc(C)nc3)n2-c2c(OC)cccc2OC)n1. The molecular formula is C25H29N7O6S. The zero-order valence-corrected chi connectivity index (χ0v) is 23.1. The molecule has 0 aliphatic carbocycles. The molecule has 0 bridgehead atoms. The molecule has 0 spiro atoms. The van der Waals surface area contributed by atoms with Crippen molar-refractivity contribution in [3.8, 4) is 34.6 Å². The van der Waals surface area contributed by atoms with Gasteiger partial charge in [0.05, 0.1) is 21.3 Å². The van der Waals surface area contributed by atoms with E-state index in [1.807, 2.05) is 0 Å². The van der Waals surface area contributed by atoms with Gasteiger partial charge < -0.3 is 18.9 Å². The minimum absolute atomic E-state index is 0.112. The Morgan fingerprint density at radius 3 is 2.13 bits per heavy atom. The number of methoxy groups -OCH3 is 4. The zero-order chi connectivity index (χ0) is 28.2. The highest BCUT2D eigenvalue weighted by atomic mass is 32.2. The second-order valence-electron chi connectivity index (χ2n) is 8.33. The van der Waals surface area contributed by atoms with Crippen molar-refractivity contribution in [3.05, 3.63) is 60.2 Å². The van der Waals surface area contributed by atoms with Crippen molar-refractivity contribution in [3.63, 3.8) is 0 Å². The Bertz CT molecular complexity index is 1520. The Labute approximate surface area is 226 Å². The lowest BCUT2D eigenvalue weighted by Gasteiger charge is -2.23. The maximum Gasteiger partial charge on any atom is 0.243 e. The van der Waals surface area contributed by atoms with Crippen LogP contribution in [0.1, 0.15) is 24.4 Å². The molecule has 0 aliphatic heterocycles. The van der Waals surface area contributed by atoms with Crippen LogP contribution in [0.15, 0.2) is 48.8 Å². The Balaban J connectivity index is 1.85. The van der Waals surface area contributed by atoms with Gasteiger partial charge in [-0.05, 0) is 32.0 Å². The molecule has 4 aromatic rings. The van der Waals surface area contributed by atoms with Crippen LogP contribution < -0.4 is 18.9 Å². The van der Waals surface area contributed by atoms with Gasteiger partial charge in [-0.1, -0.05) is 12.1 Å². The molecule has 14 heteroatoms. The number of hydrogen-bond donors (Lipinski definition) is 1. The molecule has 0 fully saturated rings. The molecule has 39 heavy (non-hydrogen) atoms. The van der Waals surface area contributed by atoms with Crippen LogP contribution in [0.4, 0.5) is 5.95 Å². The molecule has 2 atom stereocenters. The smallest absolute Gasteiger partial charge is 0.243 e. The lowest BCUT2D eigenvalue weighted by Crippen LogP contribution is -2.33. The second-order valence-corrected chi connectivity index (χ2v) is 10.4. The molecule has 0 aliphatic rings. The number of aromatic nitrogens is 6. The Morgan fingerprint density at radius 1 is 0.897 bits per heavy atom. The van der Waals surface area contributed by atoms with Crippen LogP contribution >= 0.6 is 0 Å². The third-order valence-corrected chi connectivity index (χ3v) is 7.68. The third-order valence-electron chi connectivity index (χ3n) is 5.98. The number of para-hydroxylation sites is 1. The minimum atomic E-state index is -4.11. The van der Waals surface area contributed by atoms with Crippen LogP contribution in [0.2, 0.25) is 0 Å². The Kier molecular flexibility index (Phi) is 8.26. The summed E-state index contributed by atoms with van der Waals surface area (Å²) < 4.78 is 53.4. The topological polar surface area (TPSA) is 152 Å². The molecule has 4 rings (SSSR count). The van der Waals surface area contributed by atoms with E-state index >= 15 is 0 Å². The van der Waals surface area contributed by atoms with Gasteiger partial charge in [0.2, 0.25) is 21.9 Å². The summed E-state index contributed by atoms with van der Waals surface area (Å²) in [7, 11) is 1.78. The molecule has 3 aromatic heterocycles. The molecule has 3 heterocycles. The molecular weight excluding hydrogens is 526 g/mol. The summed E-state index contributed by atoms with van der Waals surface area (Å²) in [6.45, 7) is 3.26. The number of nitrogens with zero attached hydrogens (tertiary/aromatic N) is 6. The highest BCUT2D eigenvalue weighted by Crippen LogP contribution is 2.38. The van der Waals surface area contributed by atoms with Crippen LogP contribution in [-0.2, 0) is 14.8 Å². The first-order chi connectivity index (χ1) is 18.7. The van der Waals surface area contributed by atoms with Crippen LogP contribution in [-0.4, -0.2) is 71.8 Å². The van der Waals surface area contributed by atoms with Gasteiger partial charge in [-0.3, -0.25) is 9.29 Å². The average molecular weight is 556 g/mol. The predicted molar refractivity (Wildman–Crippen MR) is 143 cm³/mol. The van der Waals surface area contributed by atoms with Gasteiger partial charge in [0.1, 0.15) is 40.1 Å². The standard InChI is InChI=1S/C25H29N7O6S/c1-15(23(38-6)17-13-26-16(2)27-14-17)39(33,34)31-25-30-29-24(18-9-7-12-21(28-18)37-5)32(25)22-19(35-3)10-8-11-20(22)36-4/h7-15,23H,1-6H3,(H,30,31)/t15-,23-/m0/s1. The van der Waals surface area contributed by atoms with Gasteiger partial charge in [0.25, 0.3) is 0 Å². The number of nitrogens with one attached hydrogen (secondary N) is 1. The van der Waals surface area contributed by atoms with Crippen molar-refractivity contribution in [2.24, 2.45) is 0 Å². The first kappa shape index (κ1) is 27.7. The van der Waals surface area contributed by atoms with Crippen molar-refractivity contribution in [2.75, 3.05) is 33.2 Å². The maximum atomic E-state index is 13.7. The number of ether oxygens (including phenoxy) is 4. The first-order valence-corrected chi connectivity index (χ1v) is 13.3. The fraction of sp³-hybridized carbons (Fsp3) is 0.320. The number of benzene rings is 1. The summed E-state index contributed by atoms with van der Waals surface area (Å²) in [6, 6.07) is 10.3. The molecule has 0 saturated carbocycles. The highest BCUT2D eigenvalue weighted by Gasteiger charge is 2.34. The van der Waals surface area contributed by atoms with Crippen molar-refractivity contribution in [2.45, 2.75) is 25.2 Å². The average Bonchev–Trinajstić information content (AvgIpc) is 3.35. The third kappa shape index (κ3) is 5.61. The lowest BCUT2D eigenvalue weighted by atomic mass is 10.1. The van der Waals surface area contributed by atoms with Gasteiger partial charge in [0.15, 0.2) is 5.82 Å². The summed E-state index contributed by atoms with van der Waals surface area (Å²) in [5, 5.41) is 7.38. The summed E-state index contributed by atoms with van der Waals surface area (Å²) in [5.74, 6) is 1.78. The van der Waals surface area contributed by atoms with Crippen LogP contribution in [0, 0.1) is 6.92 Å². The number of sulfonamides is 1. The summed E-state index contributed by atoms with van der Waals surface area (Å²) >= 11 is 0. The number of hydrogen-bond acceptors (Lipinski definition) is 11. The van der Waals surface area contributed by atoms with Crippen LogP contribution in [0.3, 0.4) is 0 Å².